The van der Waals surface area contributed by atoms with Gasteiger partial charge in [0.25, 0.3) is 5.91 Å². The van der Waals surface area contributed by atoms with E-state index in [9.17, 15) is 23.1 Å². The molecule has 0 saturated carbocycles. The summed E-state index contributed by atoms with van der Waals surface area (Å²) in [6, 6.07) is 11.4. The lowest BCUT2D eigenvalue weighted by Crippen LogP contribution is -2.39. The second kappa shape index (κ2) is 8.65. The van der Waals surface area contributed by atoms with E-state index < -0.39 is 21.9 Å². The Hall–Kier alpha value is -3.22. The van der Waals surface area contributed by atoms with E-state index in [-0.39, 0.29) is 33.2 Å². The van der Waals surface area contributed by atoms with Crippen LogP contribution < -0.4 is 5.32 Å². The molecule has 30 heavy (non-hydrogen) atoms. The normalized spacial score (nSPS) is 17.1. The summed E-state index contributed by atoms with van der Waals surface area (Å²) in [5.74, 6) is -1.67. The number of hydrogen-bond acceptors (Lipinski definition) is 5. The summed E-state index contributed by atoms with van der Waals surface area (Å²) in [5, 5.41) is 20.8. The first kappa shape index (κ1) is 21.5. The highest BCUT2D eigenvalue weighted by molar-refractivity contribution is 7.89. The number of nitriles is 1. The van der Waals surface area contributed by atoms with E-state index in [1.165, 1.54) is 40.7 Å². The third-order valence-electron chi connectivity index (χ3n) is 4.98. The molecule has 0 radical (unpaired) electrons. The molecular weight excluding hydrogens is 406 g/mol. The van der Waals surface area contributed by atoms with Gasteiger partial charge in [-0.05, 0) is 55.2 Å². The number of aromatic carboxylic acids is 1. The molecule has 1 saturated heterocycles. The fourth-order valence-electron chi connectivity index (χ4n) is 3.41. The number of nitrogens with zero attached hydrogens (tertiary/aromatic N) is 2. The van der Waals surface area contributed by atoms with Crippen molar-refractivity contribution in [3.05, 3.63) is 59.2 Å². The Morgan fingerprint density at radius 3 is 2.67 bits per heavy atom. The van der Waals surface area contributed by atoms with Gasteiger partial charge >= 0.3 is 5.97 Å². The van der Waals surface area contributed by atoms with E-state index in [4.69, 9.17) is 5.26 Å². The number of carbonyl (C=O) groups is 2. The zero-order valence-corrected chi connectivity index (χ0v) is 17.1. The molecule has 0 aromatic heterocycles. The fourth-order valence-corrected chi connectivity index (χ4v) is 5.05. The highest BCUT2D eigenvalue weighted by Gasteiger charge is 2.29. The molecule has 3 rings (SSSR count). The first-order valence-electron chi connectivity index (χ1n) is 9.41. The molecule has 1 aliphatic rings. The van der Waals surface area contributed by atoms with Gasteiger partial charge in [0.15, 0.2) is 0 Å². The van der Waals surface area contributed by atoms with Gasteiger partial charge in [-0.15, -0.1) is 0 Å². The molecule has 2 N–H and O–H groups in total. The van der Waals surface area contributed by atoms with Crippen LogP contribution in [0.2, 0.25) is 0 Å². The Morgan fingerprint density at radius 1 is 1.23 bits per heavy atom. The first-order chi connectivity index (χ1) is 14.2. The molecule has 8 nitrogen and oxygen atoms in total. The first-order valence-corrected chi connectivity index (χ1v) is 10.9. The number of hydrogen-bond donors (Lipinski definition) is 2. The summed E-state index contributed by atoms with van der Waals surface area (Å²) in [5.41, 5.74) is 0.0224. The largest absolute Gasteiger partial charge is 0.478 e. The van der Waals surface area contributed by atoms with Crippen molar-refractivity contribution in [1.29, 1.82) is 5.26 Å². The van der Waals surface area contributed by atoms with Gasteiger partial charge in [-0.3, -0.25) is 4.79 Å². The number of benzene rings is 2. The standard InChI is InChI=1S/C21H21N3O5S/c1-14-4-3-9-24(13-14)30(28,29)17-6-2-5-16(11-17)20(25)23-19-8-7-15(12-22)10-18(19)21(26)27/h2,5-8,10-11,14H,3-4,9,13H2,1H3,(H,23,25)(H,26,27). The molecule has 1 atom stereocenters. The summed E-state index contributed by atoms with van der Waals surface area (Å²) in [4.78, 5) is 24.1. The molecule has 9 heteroatoms. The molecule has 1 amide bonds. The van der Waals surface area contributed by atoms with E-state index in [1.54, 1.807) is 0 Å². The number of piperidine rings is 1. The molecule has 156 valence electrons. The lowest BCUT2D eigenvalue weighted by Gasteiger charge is -2.30. The average Bonchev–Trinajstić information content (AvgIpc) is 2.74. The number of rotatable bonds is 5. The molecule has 2 aromatic carbocycles. The zero-order chi connectivity index (χ0) is 21.9. The van der Waals surface area contributed by atoms with Crippen LogP contribution >= 0.6 is 0 Å². The quantitative estimate of drug-likeness (QED) is 0.755. The van der Waals surface area contributed by atoms with Crippen LogP contribution in [0.15, 0.2) is 47.4 Å². The van der Waals surface area contributed by atoms with Crippen molar-refractivity contribution in [2.24, 2.45) is 5.92 Å². The maximum absolute atomic E-state index is 13.0. The summed E-state index contributed by atoms with van der Waals surface area (Å²) in [6.45, 7) is 2.88. The van der Waals surface area contributed by atoms with Crippen LogP contribution in [0.3, 0.4) is 0 Å². The average molecular weight is 427 g/mol. The van der Waals surface area contributed by atoms with Gasteiger partial charge in [0.1, 0.15) is 0 Å². The smallest absolute Gasteiger partial charge is 0.337 e. The van der Waals surface area contributed by atoms with Gasteiger partial charge in [-0.25, -0.2) is 13.2 Å². The maximum atomic E-state index is 13.0. The second-order valence-electron chi connectivity index (χ2n) is 7.27. The molecule has 1 fully saturated rings. The Labute approximate surface area is 174 Å². The number of carboxylic acids is 1. The lowest BCUT2D eigenvalue weighted by atomic mass is 10.0. The van der Waals surface area contributed by atoms with Crippen LogP contribution in [0, 0.1) is 17.2 Å². The number of anilines is 1. The minimum atomic E-state index is -3.73. The van der Waals surface area contributed by atoms with E-state index in [2.05, 4.69) is 5.32 Å². The second-order valence-corrected chi connectivity index (χ2v) is 9.21. The van der Waals surface area contributed by atoms with E-state index in [1.807, 2.05) is 13.0 Å². The van der Waals surface area contributed by atoms with E-state index in [0.717, 1.165) is 18.9 Å². The molecular formula is C21H21N3O5S. The SMILES string of the molecule is CC1CCCN(S(=O)(=O)c2cccc(C(=O)Nc3ccc(C#N)cc3C(=O)O)c2)C1. The van der Waals surface area contributed by atoms with Crippen LogP contribution in [-0.4, -0.2) is 42.8 Å². The summed E-state index contributed by atoms with van der Waals surface area (Å²) < 4.78 is 27.4. The molecule has 1 aliphatic heterocycles. The van der Waals surface area contributed by atoms with Gasteiger partial charge in [-0.2, -0.15) is 9.57 Å². The molecule has 1 unspecified atom stereocenters. The van der Waals surface area contributed by atoms with Gasteiger partial charge in [-0.1, -0.05) is 13.0 Å². The Morgan fingerprint density at radius 2 is 2.00 bits per heavy atom. The number of nitrogens with one attached hydrogen (secondary N) is 1. The highest BCUT2D eigenvalue weighted by Crippen LogP contribution is 2.25. The van der Waals surface area contributed by atoms with Crippen LogP contribution in [0.5, 0.6) is 0 Å². The lowest BCUT2D eigenvalue weighted by molar-refractivity contribution is 0.0698. The highest BCUT2D eigenvalue weighted by atomic mass is 32.2. The monoisotopic (exact) mass is 427 g/mol. The van der Waals surface area contributed by atoms with Gasteiger partial charge in [0, 0.05) is 18.7 Å². The number of carboxylic acid groups (broad SMARTS) is 1. The Bertz CT molecular complexity index is 1140. The van der Waals surface area contributed by atoms with Crippen molar-refractivity contribution >= 4 is 27.6 Å². The fraction of sp³-hybridized carbons (Fsp3) is 0.286. The molecule has 2 aromatic rings. The maximum Gasteiger partial charge on any atom is 0.337 e. The van der Waals surface area contributed by atoms with Gasteiger partial charge in [0.2, 0.25) is 10.0 Å². The van der Waals surface area contributed by atoms with Crippen molar-refractivity contribution in [3.8, 4) is 6.07 Å². The van der Waals surface area contributed by atoms with E-state index >= 15 is 0 Å². The van der Waals surface area contributed by atoms with Crippen molar-refractivity contribution in [2.75, 3.05) is 18.4 Å². The minimum absolute atomic E-state index is 0.0162. The van der Waals surface area contributed by atoms with Crippen LogP contribution in [0.4, 0.5) is 5.69 Å². The molecule has 0 bridgehead atoms. The summed E-state index contributed by atoms with van der Waals surface area (Å²) in [6.07, 6.45) is 1.77. The third-order valence-corrected chi connectivity index (χ3v) is 6.84. The topological polar surface area (TPSA) is 128 Å². The zero-order valence-electron chi connectivity index (χ0n) is 16.3. The van der Waals surface area contributed by atoms with Crippen LogP contribution in [0.25, 0.3) is 0 Å². The predicted octanol–water partition coefficient (Wildman–Crippen LogP) is 2.93. The summed E-state index contributed by atoms with van der Waals surface area (Å²) in [7, 11) is -3.73. The molecule has 0 spiro atoms. The predicted molar refractivity (Wildman–Crippen MR) is 110 cm³/mol. The number of carbonyl (C=O) groups excluding carboxylic acids is 1. The molecule has 1 heterocycles. The van der Waals surface area contributed by atoms with Crippen LogP contribution in [-0.2, 0) is 10.0 Å². The van der Waals surface area contributed by atoms with E-state index in [0.29, 0.717) is 13.1 Å². The van der Waals surface area contributed by atoms with Gasteiger partial charge in [0.05, 0.1) is 27.8 Å². The Balaban J connectivity index is 1.87. The number of amides is 1. The van der Waals surface area contributed by atoms with Crippen molar-refractivity contribution in [1.82, 2.24) is 4.31 Å². The molecule has 0 aliphatic carbocycles. The van der Waals surface area contributed by atoms with Gasteiger partial charge < -0.3 is 10.4 Å². The summed E-state index contributed by atoms with van der Waals surface area (Å²) >= 11 is 0. The Kier molecular flexibility index (Phi) is 6.20. The van der Waals surface area contributed by atoms with Crippen molar-refractivity contribution in [2.45, 2.75) is 24.7 Å². The van der Waals surface area contributed by atoms with Crippen molar-refractivity contribution < 1.29 is 23.1 Å². The third kappa shape index (κ3) is 4.50. The minimum Gasteiger partial charge on any atom is -0.478 e. The van der Waals surface area contributed by atoms with Crippen LogP contribution in [0.1, 0.15) is 46.0 Å². The van der Waals surface area contributed by atoms with Crippen molar-refractivity contribution in [3.63, 3.8) is 0 Å². The number of sulfonamides is 1.